The number of rotatable bonds is 7. The number of aliphatic imine (C=N–C) groups is 1. The molecule has 0 amide bonds. The Bertz CT molecular complexity index is 1060. The highest BCUT2D eigenvalue weighted by Crippen LogP contribution is 2.40. The smallest absolute Gasteiger partial charge is 0.352 e. The summed E-state index contributed by atoms with van der Waals surface area (Å²) in [4.78, 5) is 42.3. The number of carboxylic acid groups (broad SMARTS) is 1. The molecular formula is C22H23N5O5. The van der Waals surface area contributed by atoms with E-state index in [2.05, 4.69) is 27.3 Å². The van der Waals surface area contributed by atoms with Gasteiger partial charge in [-0.3, -0.25) is 15.0 Å². The van der Waals surface area contributed by atoms with Gasteiger partial charge in [-0.1, -0.05) is 30.3 Å². The molecular weight excluding hydrogens is 414 g/mol. The molecule has 0 aliphatic carbocycles. The van der Waals surface area contributed by atoms with Crippen molar-refractivity contribution < 1.29 is 19.6 Å². The number of nitrogens with one attached hydrogen (secondary N) is 1. The second-order valence-corrected chi connectivity index (χ2v) is 7.74. The van der Waals surface area contributed by atoms with Crippen molar-refractivity contribution in [1.29, 1.82) is 0 Å². The van der Waals surface area contributed by atoms with Gasteiger partial charge < -0.3 is 20.1 Å². The minimum atomic E-state index is -1.31. The average Bonchev–Trinajstić information content (AvgIpc) is 2.81. The van der Waals surface area contributed by atoms with Crippen LogP contribution in [0.15, 0.2) is 47.5 Å². The van der Waals surface area contributed by atoms with E-state index in [1.165, 1.54) is 17.7 Å². The molecule has 1 saturated heterocycles. The Morgan fingerprint density at radius 1 is 1.22 bits per heavy atom. The van der Waals surface area contributed by atoms with Gasteiger partial charge in [-0.2, -0.15) is 0 Å². The first-order valence-electron chi connectivity index (χ1n) is 10.3. The Kier molecular flexibility index (Phi) is 6.13. The van der Waals surface area contributed by atoms with E-state index in [4.69, 9.17) is 0 Å². The molecule has 2 aromatic rings. The van der Waals surface area contributed by atoms with Crippen molar-refractivity contribution in [2.75, 3.05) is 42.9 Å². The number of carbonyl (C=O) groups excluding carboxylic acids is 1. The van der Waals surface area contributed by atoms with Crippen LogP contribution in [-0.4, -0.2) is 71.7 Å². The first kappa shape index (κ1) is 21.4. The molecule has 10 heteroatoms. The number of hydrogen-bond donors (Lipinski definition) is 2. The van der Waals surface area contributed by atoms with Crippen molar-refractivity contribution in [2.45, 2.75) is 12.5 Å². The molecule has 166 valence electrons. The zero-order chi connectivity index (χ0) is 22.7. The molecule has 32 heavy (non-hydrogen) atoms. The van der Waals surface area contributed by atoms with E-state index in [0.29, 0.717) is 25.1 Å². The SMILES string of the molecule is O=CC1Nc2cc([N+](=O)[O-])c(N3CCN(CCc4ccccc4)CC3)cc2N=C1C(=O)O. The number of carbonyl (C=O) groups is 2. The van der Waals surface area contributed by atoms with Gasteiger partial charge in [0.1, 0.15) is 18.0 Å². The lowest BCUT2D eigenvalue weighted by atomic mass is 10.1. The highest BCUT2D eigenvalue weighted by molar-refractivity contribution is 6.42. The fourth-order valence-corrected chi connectivity index (χ4v) is 4.03. The molecule has 0 aromatic heterocycles. The van der Waals surface area contributed by atoms with Crippen LogP contribution in [-0.2, 0) is 16.0 Å². The van der Waals surface area contributed by atoms with E-state index in [1.807, 2.05) is 23.1 Å². The molecule has 2 heterocycles. The Morgan fingerprint density at radius 2 is 1.94 bits per heavy atom. The summed E-state index contributed by atoms with van der Waals surface area (Å²) < 4.78 is 0. The third-order valence-electron chi connectivity index (χ3n) is 5.76. The van der Waals surface area contributed by atoms with Crippen LogP contribution in [0.25, 0.3) is 0 Å². The number of piperazine rings is 1. The number of nitro groups is 1. The van der Waals surface area contributed by atoms with E-state index < -0.39 is 16.9 Å². The van der Waals surface area contributed by atoms with Gasteiger partial charge in [-0.25, -0.2) is 9.79 Å². The number of carboxylic acids is 1. The lowest BCUT2D eigenvalue weighted by Gasteiger charge is -2.36. The predicted molar refractivity (Wildman–Crippen MR) is 120 cm³/mol. The van der Waals surface area contributed by atoms with Crippen molar-refractivity contribution in [3.05, 3.63) is 58.1 Å². The lowest BCUT2D eigenvalue weighted by Crippen LogP contribution is -2.47. The van der Waals surface area contributed by atoms with Crippen LogP contribution in [0.5, 0.6) is 0 Å². The summed E-state index contributed by atoms with van der Waals surface area (Å²) in [5, 5.41) is 23.8. The zero-order valence-electron chi connectivity index (χ0n) is 17.3. The molecule has 2 N–H and O–H groups in total. The third-order valence-corrected chi connectivity index (χ3v) is 5.76. The Balaban J connectivity index is 1.52. The monoisotopic (exact) mass is 437 g/mol. The summed E-state index contributed by atoms with van der Waals surface area (Å²) in [5.74, 6) is -1.31. The van der Waals surface area contributed by atoms with Gasteiger partial charge >= 0.3 is 5.97 Å². The van der Waals surface area contributed by atoms with Crippen molar-refractivity contribution in [3.8, 4) is 0 Å². The van der Waals surface area contributed by atoms with E-state index in [0.717, 1.165) is 26.1 Å². The van der Waals surface area contributed by atoms with Crippen LogP contribution < -0.4 is 10.2 Å². The van der Waals surface area contributed by atoms with Crippen LogP contribution in [0.1, 0.15) is 5.56 Å². The van der Waals surface area contributed by atoms with Gasteiger partial charge in [0.2, 0.25) is 0 Å². The van der Waals surface area contributed by atoms with Crippen molar-refractivity contribution in [2.24, 2.45) is 4.99 Å². The molecule has 1 fully saturated rings. The first-order chi connectivity index (χ1) is 15.5. The van der Waals surface area contributed by atoms with Crippen LogP contribution in [0, 0.1) is 10.1 Å². The molecule has 1 atom stereocenters. The highest BCUT2D eigenvalue weighted by atomic mass is 16.6. The second kappa shape index (κ2) is 9.15. The van der Waals surface area contributed by atoms with Crippen molar-refractivity contribution >= 4 is 40.7 Å². The summed E-state index contributed by atoms with van der Waals surface area (Å²) in [7, 11) is 0. The first-order valence-corrected chi connectivity index (χ1v) is 10.3. The van der Waals surface area contributed by atoms with Gasteiger partial charge in [0.15, 0.2) is 5.71 Å². The van der Waals surface area contributed by atoms with Gasteiger partial charge in [0.05, 0.1) is 16.3 Å². The van der Waals surface area contributed by atoms with E-state index >= 15 is 0 Å². The number of aldehydes is 1. The maximum atomic E-state index is 11.7. The van der Waals surface area contributed by atoms with Gasteiger partial charge in [-0.15, -0.1) is 0 Å². The second-order valence-electron chi connectivity index (χ2n) is 7.74. The largest absolute Gasteiger partial charge is 0.477 e. The summed E-state index contributed by atoms with van der Waals surface area (Å²) in [6.07, 6.45) is 1.36. The van der Waals surface area contributed by atoms with Crippen LogP contribution in [0.4, 0.5) is 22.7 Å². The summed E-state index contributed by atoms with van der Waals surface area (Å²) >= 11 is 0. The minimum absolute atomic E-state index is 0.104. The normalized spacial score (nSPS) is 18.3. The van der Waals surface area contributed by atoms with E-state index in [9.17, 15) is 24.8 Å². The van der Waals surface area contributed by atoms with Crippen LogP contribution in [0.2, 0.25) is 0 Å². The molecule has 2 aliphatic rings. The van der Waals surface area contributed by atoms with Crippen LogP contribution in [0.3, 0.4) is 0 Å². The standard InChI is InChI=1S/C22H23N5O5/c28-14-18-21(22(29)30)24-17-12-19(20(27(31)32)13-16(17)23-18)26-10-8-25(9-11-26)7-6-15-4-2-1-3-5-15/h1-5,12-14,18,23H,6-11H2,(H,29,30). The maximum absolute atomic E-state index is 11.7. The number of anilines is 2. The minimum Gasteiger partial charge on any atom is -0.477 e. The fraction of sp³-hybridized carbons (Fsp3) is 0.318. The molecule has 1 unspecified atom stereocenters. The Labute approximate surface area is 184 Å². The van der Waals surface area contributed by atoms with Gasteiger partial charge in [0.25, 0.3) is 5.69 Å². The van der Waals surface area contributed by atoms with Gasteiger partial charge in [0, 0.05) is 38.8 Å². The maximum Gasteiger partial charge on any atom is 0.352 e. The molecule has 0 bridgehead atoms. The van der Waals surface area contributed by atoms with Crippen molar-refractivity contribution in [3.63, 3.8) is 0 Å². The zero-order valence-corrected chi connectivity index (χ0v) is 17.3. The topological polar surface area (TPSA) is 128 Å². The number of nitrogens with zero attached hydrogens (tertiary/aromatic N) is 4. The summed E-state index contributed by atoms with van der Waals surface area (Å²) in [6, 6.07) is 11.9. The number of benzene rings is 2. The Hall–Kier alpha value is -3.79. The quantitative estimate of drug-likeness (QED) is 0.383. The number of aliphatic carboxylic acids is 1. The fourth-order valence-electron chi connectivity index (χ4n) is 4.03. The highest BCUT2D eigenvalue weighted by Gasteiger charge is 2.31. The molecule has 2 aliphatic heterocycles. The number of nitro benzene ring substituents is 1. The molecule has 10 nitrogen and oxygen atoms in total. The molecule has 2 aromatic carbocycles. The third kappa shape index (κ3) is 4.45. The van der Waals surface area contributed by atoms with Crippen LogP contribution >= 0.6 is 0 Å². The van der Waals surface area contributed by atoms with Crippen molar-refractivity contribution in [1.82, 2.24) is 4.90 Å². The molecule has 0 radical (unpaired) electrons. The van der Waals surface area contributed by atoms with E-state index in [-0.39, 0.29) is 22.8 Å². The average molecular weight is 437 g/mol. The predicted octanol–water partition coefficient (Wildman–Crippen LogP) is 2.11. The molecule has 4 rings (SSSR count). The van der Waals surface area contributed by atoms with E-state index in [1.54, 1.807) is 0 Å². The Morgan fingerprint density at radius 3 is 2.56 bits per heavy atom. The summed E-state index contributed by atoms with van der Waals surface area (Å²) in [5.41, 5.74) is 1.77. The number of hydrogen-bond acceptors (Lipinski definition) is 8. The molecule has 0 saturated carbocycles. The lowest BCUT2D eigenvalue weighted by molar-refractivity contribution is -0.384. The number of fused-ring (bicyclic) bond motifs is 1. The van der Waals surface area contributed by atoms with Gasteiger partial charge in [-0.05, 0) is 18.1 Å². The molecule has 0 spiro atoms. The summed E-state index contributed by atoms with van der Waals surface area (Å²) in [6.45, 7) is 3.64.